The monoisotopic (exact) mass is 208 g/mol. The van der Waals surface area contributed by atoms with Gasteiger partial charge in [-0.25, -0.2) is 0 Å². The first-order chi connectivity index (χ1) is 7.36. The van der Waals surface area contributed by atoms with Crippen molar-refractivity contribution in [2.75, 3.05) is 26.2 Å². The zero-order valence-corrected chi connectivity index (χ0v) is 9.75. The van der Waals surface area contributed by atoms with E-state index in [1.165, 1.54) is 32.2 Å². The topological polar surface area (TPSA) is 15.3 Å². The van der Waals surface area contributed by atoms with Gasteiger partial charge in [0.2, 0.25) is 0 Å². The highest BCUT2D eigenvalue weighted by Crippen LogP contribution is 2.10. The number of nitrogens with one attached hydrogen (secondary N) is 1. The zero-order chi connectivity index (χ0) is 10.9. The van der Waals surface area contributed by atoms with Gasteiger partial charge in [0.1, 0.15) is 0 Å². The second-order valence-corrected chi connectivity index (χ2v) is 4.27. The number of hydrogen-bond acceptors (Lipinski definition) is 2. The Balaban J connectivity index is 2.18. The summed E-state index contributed by atoms with van der Waals surface area (Å²) < 4.78 is 0. The summed E-state index contributed by atoms with van der Waals surface area (Å²) in [6.45, 7) is 11.9. The maximum atomic E-state index is 3.79. The minimum absolute atomic E-state index is 0.732. The van der Waals surface area contributed by atoms with Gasteiger partial charge in [0.05, 0.1) is 0 Å². The molecule has 2 nitrogen and oxygen atoms in total. The summed E-state index contributed by atoms with van der Waals surface area (Å²) >= 11 is 0. The molecule has 0 spiro atoms. The summed E-state index contributed by atoms with van der Waals surface area (Å²) in [5, 5.41) is 3.58. The molecule has 1 saturated heterocycles. The summed E-state index contributed by atoms with van der Waals surface area (Å²) in [5.74, 6) is 0. The van der Waals surface area contributed by atoms with Crippen LogP contribution in [0, 0.1) is 0 Å². The lowest BCUT2D eigenvalue weighted by molar-refractivity contribution is 0.287. The third-order valence-corrected chi connectivity index (χ3v) is 2.98. The lowest BCUT2D eigenvalue weighted by Crippen LogP contribution is -2.37. The molecule has 0 aromatic carbocycles. The predicted octanol–water partition coefficient (Wildman–Crippen LogP) is 2.19. The van der Waals surface area contributed by atoms with Crippen LogP contribution in [0.1, 0.15) is 25.7 Å². The number of piperidine rings is 1. The summed E-state index contributed by atoms with van der Waals surface area (Å²) in [5.41, 5.74) is 0. The van der Waals surface area contributed by atoms with Crippen LogP contribution in [0.15, 0.2) is 25.3 Å². The van der Waals surface area contributed by atoms with E-state index in [0.717, 1.165) is 25.7 Å². The van der Waals surface area contributed by atoms with Crippen molar-refractivity contribution in [2.45, 2.75) is 31.7 Å². The summed E-state index contributed by atoms with van der Waals surface area (Å²) in [6, 6.07) is 0.732. The molecule has 1 heterocycles. The molecule has 0 aliphatic carbocycles. The lowest BCUT2D eigenvalue weighted by Gasteiger charge is -2.26. The summed E-state index contributed by atoms with van der Waals surface area (Å²) in [6.07, 6.45) is 9.27. The summed E-state index contributed by atoms with van der Waals surface area (Å²) in [7, 11) is 0. The van der Waals surface area contributed by atoms with Crippen molar-refractivity contribution in [2.24, 2.45) is 0 Å². The van der Waals surface area contributed by atoms with Gasteiger partial charge in [0, 0.05) is 25.7 Å². The van der Waals surface area contributed by atoms with Crippen LogP contribution in [0.2, 0.25) is 0 Å². The van der Waals surface area contributed by atoms with Gasteiger partial charge in [-0.15, -0.1) is 13.2 Å². The van der Waals surface area contributed by atoms with Crippen LogP contribution in [-0.4, -0.2) is 37.1 Å². The highest BCUT2D eigenvalue weighted by atomic mass is 15.1. The van der Waals surface area contributed by atoms with Crippen LogP contribution in [0.25, 0.3) is 0 Å². The molecule has 1 rings (SSSR count). The van der Waals surface area contributed by atoms with E-state index in [1.807, 2.05) is 12.2 Å². The van der Waals surface area contributed by atoms with Crippen LogP contribution in [0.5, 0.6) is 0 Å². The Bertz CT molecular complexity index is 173. The van der Waals surface area contributed by atoms with Crippen molar-refractivity contribution in [3.8, 4) is 0 Å². The molecule has 0 aromatic heterocycles. The van der Waals surface area contributed by atoms with Crippen molar-refractivity contribution in [3.63, 3.8) is 0 Å². The third-order valence-electron chi connectivity index (χ3n) is 2.98. The fourth-order valence-electron chi connectivity index (χ4n) is 2.13. The number of hydrogen-bond donors (Lipinski definition) is 1. The molecule has 0 radical (unpaired) electrons. The average molecular weight is 208 g/mol. The van der Waals surface area contributed by atoms with Crippen LogP contribution in [0.4, 0.5) is 0 Å². The largest absolute Gasteiger partial charge is 0.314 e. The molecule has 0 unspecified atom stereocenters. The molecule has 0 aromatic rings. The Morgan fingerprint density at radius 1 is 1.20 bits per heavy atom. The maximum absolute atomic E-state index is 3.79. The Hall–Kier alpha value is -0.600. The van der Waals surface area contributed by atoms with Crippen molar-refractivity contribution in [3.05, 3.63) is 25.3 Å². The SMILES string of the molecule is C=CCN(CC=C)CC[C@@H]1CCCCN1. The van der Waals surface area contributed by atoms with Gasteiger partial charge < -0.3 is 5.32 Å². The molecule has 1 aliphatic heterocycles. The zero-order valence-electron chi connectivity index (χ0n) is 9.75. The number of nitrogens with zero attached hydrogens (tertiary/aromatic N) is 1. The Labute approximate surface area is 94.0 Å². The Morgan fingerprint density at radius 2 is 1.93 bits per heavy atom. The number of rotatable bonds is 7. The molecule has 1 atom stereocenters. The van der Waals surface area contributed by atoms with E-state index in [4.69, 9.17) is 0 Å². The molecule has 86 valence electrons. The van der Waals surface area contributed by atoms with Gasteiger partial charge >= 0.3 is 0 Å². The second-order valence-electron chi connectivity index (χ2n) is 4.27. The van der Waals surface area contributed by atoms with E-state index in [9.17, 15) is 0 Å². The predicted molar refractivity (Wildman–Crippen MR) is 67.1 cm³/mol. The van der Waals surface area contributed by atoms with Crippen LogP contribution >= 0.6 is 0 Å². The van der Waals surface area contributed by atoms with Gasteiger partial charge in [-0.05, 0) is 25.8 Å². The minimum Gasteiger partial charge on any atom is -0.314 e. The molecule has 1 N–H and O–H groups in total. The van der Waals surface area contributed by atoms with E-state index in [1.54, 1.807) is 0 Å². The molecule has 15 heavy (non-hydrogen) atoms. The normalized spacial score (nSPS) is 21.5. The van der Waals surface area contributed by atoms with E-state index in [-0.39, 0.29) is 0 Å². The van der Waals surface area contributed by atoms with Gasteiger partial charge in [-0.3, -0.25) is 4.90 Å². The molecule has 1 fully saturated rings. The smallest absolute Gasteiger partial charge is 0.0163 e. The molecule has 2 heteroatoms. The molecular weight excluding hydrogens is 184 g/mol. The van der Waals surface area contributed by atoms with Gasteiger partial charge in [-0.2, -0.15) is 0 Å². The van der Waals surface area contributed by atoms with Gasteiger partial charge in [-0.1, -0.05) is 18.6 Å². The highest BCUT2D eigenvalue weighted by molar-refractivity contribution is 4.81. The fraction of sp³-hybridized carbons (Fsp3) is 0.692. The molecule has 0 bridgehead atoms. The Morgan fingerprint density at radius 3 is 2.47 bits per heavy atom. The van der Waals surface area contributed by atoms with Crippen molar-refractivity contribution >= 4 is 0 Å². The minimum atomic E-state index is 0.732. The quantitative estimate of drug-likeness (QED) is 0.645. The van der Waals surface area contributed by atoms with Gasteiger partial charge in [0.25, 0.3) is 0 Å². The third kappa shape index (κ3) is 5.14. The fourth-order valence-corrected chi connectivity index (χ4v) is 2.13. The van der Waals surface area contributed by atoms with Gasteiger partial charge in [0.15, 0.2) is 0 Å². The lowest BCUT2D eigenvalue weighted by atomic mass is 10.0. The van der Waals surface area contributed by atoms with Crippen LogP contribution < -0.4 is 5.32 Å². The van der Waals surface area contributed by atoms with E-state index < -0.39 is 0 Å². The molecule has 0 saturated carbocycles. The van der Waals surface area contributed by atoms with Crippen LogP contribution in [-0.2, 0) is 0 Å². The van der Waals surface area contributed by atoms with Crippen molar-refractivity contribution in [1.29, 1.82) is 0 Å². The first-order valence-corrected chi connectivity index (χ1v) is 6.04. The molecular formula is C13H24N2. The van der Waals surface area contributed by atoms with Crippen LogP contribution in [0.3, 0.4) is 0 Å². The standard InChI is InChI=1S/C13H24N2/c1-3-10-15(11-4-2)12-8-13-7-5-6-9-14-13/h3-4,13-14H,1-2,5-12H2/t13-/m0/s1. The molecule has 0 amide bonds. The second kappa shape index (κ2) is 7.66. The van der Waals surface area contributed by atoms with Crippen molar-refractivity contribution in [1.82, 2.24) is 10.2 Å². The van der Waals surface area contributed by atoms with E-state index >= 15 is 0 Å². The Kier molecular flexibility index (Phi) is 6.37. The first kappa shape index (κ1) is 12.5. The molecule has 1 aliphatic rings. The highest BCUT2D eigenvalue weighted by Gasteiger charge is 2.13. The maximum Gasteiger partial charge on any atom is 0.0163 e. The average Bonchev–Trinajstić information content (AvgIpc) is 2.28. The van der Waals surface area contributed by atoms with Crippen molar-refractivity contribution < 1.29 is 0 Å². The summed E-state index contributed by atoms with van der Waals surface area (Å²) in [4.78, 5) is 2.39. The van der Waals surface area contributed by atoms with E-state index in [2.05, 4.69) is 23.4 Å². The first-order valence-electron chi connectivity index (χ1n) is 6.04. The van der Waals surface area contributed by atoms with E-state index in [0.29, 0.717) is 0 Å².